The van der Waals surface area contributed by atoms with Gasteiger partial charge in [0.05, 0.1) is 22.4 Å². The minimum absolute atomic E-state index is 0.797. The monoisotopic (exact) mass is 398 g/mol. The lowest BCUT2D eigenvalue weighted by atomic mass is 10.1. The van der Waals surface area contributed by atoms with Gasteiger partial charge >= 0.3 is 0 Å². The van der Waals surface area contributed by atoms with Gasteiger partial charge < -0.3 is 8.97 Å². The van der Waals surface area contributed by atoms with Crippen LogP contribution in [0.1, 0.15) is 16.8 Å². The van der Waals surface area contributed by atoms with Crippen LogP contribution in [0.2, 0.25) is 0 Å². The molecule has 0 atom stereocenters. The number of imidazole rings is 2. The minimum Gasteiger partial charge on any atom is -0.322 e. The zero-order valence-electron chi connectivity index (χ0n) is 16.8. The number of aromatic nitrogens is 4. The van der Waals surface area contributed by atoms with Crippen molar-refractivity contribution in [3.05, 3.63) is 83.7 Å². The number of hydrogen-bond donors (Lipinski definition) is 0. The number of pyridine rings is 1. The highest BCUT2D eigenvalue weighted by molar-refractivity contribution is 7.98. The molecular weight excluding hydrogens is 376 g/mol. The fraction of sp³-hybridized carbons (Fsp3) is 0.167. The Balaban J connectivity index is 1.58. The SMILES string of the molecule is Cc1ccc(-c2nc3ccc(C)cn3c2CSc2nc3ccccc3n2C)cc1. The molecule has 0 saturated carbocycles. The molecule has 0 aliphatic carbocycles. The van der Waals surface area contributed by atoms with E-state index in [-0.39, 0.29) is 0 Å². The molecule has 2 aromatic carbocycles. The van der Waals surface area contributed by atoms with E-state index in [9.17, 15) is 0 Å². The van der Waals surface area contributed by atoms with Crippen molar-refractivity contribution in [2.75, 3.05) is 0 Å². The van der Waals surface area contributed by atoms with Crippen molar-refractivity contribution in [2.45, 2.75) is 24.8 Å². The maximum atomic E-state index is 4.95. The lowest BCUT2D eigenvalue weighted by molar-refractivity contribution is 0.814. The second-order valence-corrected chi connectivity index (χ2v) is 8.38. The molecule has 0 bridgehead atoms. The number of fused-ring (bicyclic) bond motifs is 2. The largest absolute Gasteiger partial charge is 0.322 e. The molecule has 0 unspecified atom stereocenters. The standard InChI is InChI=1S/C24H22N4S/c1-16-8-11-18(12-9-16)23-21(28-14-17(2)10-13-22(28)26-23)15-29-24-25-19-6-4-5-7-20(19)27(24)3/h4-14H,15H2,1-3H3. The summed E-state index contributed by atoms with van der Waals surface area (Å²) in [5, 5.41) is 1.02. The number of benzene rings is 2. The first-order valence-corrected chi connectivity index (χ1v) is 10.7. The van der Waals surface area contributed by atoms with Crippen molar-refractivity contribution in [1.29, 1.82) is 0 Å². The summed E-state index contributed by atoms with van der Waals surface area (Å²) >= 11 is 1.75. The lowest BCUT2D eigenvalue weighted by Crippen LogP contribution is -1.96. The fourth-order valence-electron chi connectivity index (χ4n) is 3.67. The van der Waals surface area contributed by atoms with Gasteiger partial charge in [0.1, 0.15) is 5.65 Å². The van der Waals surface area contributed by atoms with Gasteiger partial charge in [-0.1, -0.05) is 59.8 Å². The number of hydrogen-bond acceptors (Lipinski definition) is 3. The summed E-state index contributed by atoms with van der Waals surface area (Å²) in [5.74, 6) is 0.797. The van der Waals surface area contributed by atoms with Crippen LogP contribution in [-0.4, -0.2) is 18.9 Å². The first kappa shape index (κ1) is 18.0. The summed E-state index contributed by atoms with van der Waals surface area (Å²) < 4.78 is 4.39. The van der Waals surface area contributed by atoms with Gasteiger partial charge in [0, 0.05) is 24.6 Å². The van der Waals surface area contributed by atoms with Gasteiger partial charge in [0.15, 0.2) is 5.16 Å². The number of thioether (sulfide) groups is 1. The molecule has 0 aliphatic heterocycles. The molecule has 0 spiro atoms. The molecule has 0 N–H and O–H groups in total. The molecule has 0 aliphatic rings. The van der Waals surface area contributed by atoms with E-state index in [1.54, 1.807) is 11.8 Å². The van der Waals surface area contributed by atoms with Gasteiger partial charge in [0.2, 0.25) is 0 Å². The third-order valence-corrected chi connectivity index (χ3v) is 6.32. The number of para-hydroxylation sites is 2. The average molecular weight is 399 g/mol. The van der Waals surface area contributed by atoms with Gasteiger partial charge in [0.25, 0.3) is 0 Å². The molecule has 0 fully saturated rings. The van der Waals surface area contributed by atoms with Crippen LogP contribution in [0, 0.1) is 13.8 Å². The Morgan fingerprint density at radius 1 is 0.862 bits per heavy atom. The molecule has 4 nitrogen and oxygen atoms in total. The second kappa shape index (κ2) is 7.08. The van der Waals surface area contributed by atoms with E-state index in [1.165, 1.54) is 16.8 Å². The topological polar surface area (TPSA) is 35.1 Å². The van der Waals surface area contributed by atoms with E-state index in [0.29, 0.717) is 0 Å². The summed E-state index contributed by atoms with van der Waals surface area (Å²) in [6.45, 7) is 4.23. The number of aryl methyl sites for hydroxylation is 3. The second-order valence-electron chi connectivity index (χ2n) is 7.44. The van der Waals surface area contributed by atoms with Crippen LogP contribution in [0.25, 0.3) is 27.9 Å². The molecule has 5 rings (SSSR count). The lowest BCUT2D eigenvalue weighted by Gasteiger charge is -2.07. The smallest absolute Gasteiger partial charge is 0.169 e. The quantitative estimate of drug-likeness (QED) is 0.359. The van der Waals surface area contributed by atoms with Gasteiger partial charge in [-0.05, 0) is 37.6 Å². The predicted molar refractivity (Wildman–Crippen MR) is 120 cm³/mol. The molecule has 29 heavy (non-hydrogen) atoms. The van der Waals surface area contributed by atoms with Gasteiger partial charge in [-0.2, -0.15) is 0 Å². The van der Waals surface area contributed by atoms with Crippen LogP contribution in [0.15, 0.2) is 72.0 Å². The van der Waals surface area contributed by atoms with Crippen LogP contribution in [0.3, 0.4) is 0 Å². The van der Waals surface area contributed by atoms with Crippen LogP contribution in [-0.2, 0) is 12.8 Å². The first-order chi connectivity index (χ1) is 14.1. The third kappa shape index (κ3) is 3.21. The Labute approximate surface area is 174 Å². The van der Waals surface area contributed by atoms with Crippen molar-refractivity contribution in [1.82, 2.24) is 18.9 Å². The fourth-order valence-corrected chi connectivity index (χ4v) is 4.66. The molecule has 0 amide bonds. The summed E-state index contributed by atoms with van der Waals surface area (Å²) in [4.78, 5) is 9.77. The summed E-state index contributed by atoms with van der Waals surface area (Å²) in [6, 6.07) is 21.1. The highest BCUT2D eigenvalue weighted by Crippen LogP contribution is 2.31. The van der Waals surface area contributed by atoms with E-state index < -0.39 is 0 Å². The van der Waals surface area contributed by atoms with Crippen LogP contribution in [0.4, 0.5) is 0 Å². The van der Waals surface area contributed by atoms with Gasteiger partial charge in [-0.3, -0.25) is 0 Å². The zero-order valence-corrected chi connectivity index (χ0v) is 17.6. The van der Waals surface area contributed by atoms with E-state index in [0.717, 1.165) is 38.8 Å². The van der Waals surface area contributed by atoms with Gasteiger partial charge in [-0.25, -0.2) is 9.97 Å². The van der Waals surface area contributed by atoms with Gasteiger partial charge in [-0.15, -0.1) is 0 Å². The Morgan fingerprint density at radius 3 is 2.41 bits per heavy atom. The Kier molecular flexibility index (Phi) is 4.40. The van der Waals surface area contributed by atoms with Crippen LogP contribution < -0.4 is 0 Å². The number of nitrogens with zero attached hydrogens (tertiary/aromatic N) is 4. The maximum Gasteiger partial charge on any atom is 0.169 e. The Morgan fingerprint density at radius 2 is 1.62 bits per heavy atom. The van der Waals surface area contributed by atoms with Crippen LogP contribution in [0.5, 0.6) is 0 Å². The predicted octanol–water partition coefficient (Wildman–Crippen LogP) is 5.80. The highest BCUT2D eigenvalue weighted by Gasteiger charge is 2.16. The molecule has 3 heterocycles. The molecule has 3 aromatic heterocycles. The van der Waals surface area contributed by atoms with Crippen molar-refractivity contribution in [2.24, 2.45) is 7.05 Å². The molecule has 144 valence electrons. The van der Waals surface area contributed by atoms with E-state index in [1.807, 2.05) is 6.07 Å². The zero-order chi connectivity index (χ0) is 20.0. The normalized spacial score (nSPS) is 11.6. The van der Waals surface area contributed by atoms with Crippen LogP contribution >= 0.6 is 11.8 Å². The first-order valence-electron chi connectivity index (χ1n) is 9.69. The van der Waals surface area contributed by atoms with E-state index in [4.69, 9.17) is 9.97 Å². The van der Waals surface area contributed by atoms with Crippen molar-refractivity contribution in [3.63, 3.8) is 0 Å². The molecular formula is C24H22N4S. The maximum absolute atomic E-state index is 4.95. The summed E-state index contributed by atoms with van der Waals surface area (Å²) in [7, 11) is 2.08. The van der Waals surface area contributed by atoms with Crippen molar-refractivity contribution >= 4 is 28.4 Å². The van der Waals surface area contributed by atoms with Crippen molar-refractivity contribution < 1.29 is 0 Å². The molecule has 5 heteroatoms. The van der Waals surface area contributed by atoms with E-state index >= 15 is 0 Å². The number of rotatable bonds is 4. The average Bonchev–Trinajstić information content (AvgIpc) is 3.24. The minimum atomic E-state index is 0.797. The molecule has 5 aromatic rings. The summed E-state index contributed by atoms with van der Waals surface area (Å²) in [6.07, 6.45) is 2.17. The Hall–Kier alpha value is -3.05. The third-order valence-electron chi connectivity index (χ3n) is 5.27. The highest BCUT2D eigenvalue weighted by atomic mass is 32.2. The molecule has 0 radical (unpaired) electrons. The Bertz CT molecular complexity index is 1330. The van der Waals surface area contributed by atoms with E-state index in [2.05, 4.69) is 90.7 Å². The molecule has 0 saturated heterocycles. The summed E-state index contributed by atoms with van der Waals surface area (Å²) in [5.41, 5.74) is 9.03. The van der Waals surface area contributed by atoms with Crippen molar-refractivity contribution in [3.8, 4) is 11.3 Å².